The maximum absolute atomic E-state index is 11.6. The van der Waals surface area contributed by atoms with Crippen molar-refractivity contribution < 1.29 is 9.59 Å². The number of carbonyl (C=O) groups excluding carboxylic acids is 2. The predicted octanol–water partition coefficient (Wildman–Crippen LogP) is 0.469. The Labute approximate surface area is 122 Å². The molecule has 2 amide bonds. The average Bonchev–Trinajstić information content (AvgIpc) is 2.84. The summed E-state index contributed by atoms with van der Waals surface area (Å²) in [5, 5.41) is 7.63. The topological polar surface area (TPSA) is 86.2 Å². The van der Waals surface area contributed by atoms with Crippen LogP contribution in [0.5, 0.6) is 0 Å². The van der Waals surface area contributed by atoms with Crippen LogP contribution in [0.3, 0.4) is 0 Å². The van der Waals surface area contributed by atoms with Gasteiger partial charge in [0.1, 0.15) is 0 Å². The molecular formula is C14H17N5O2. The Morgan fingerprint density at radius 2 is 2.14 bits per heavy atom. The molecule has 7 heteroatoms. The third-order valence-corrected chi connectivity index (χ3v) is 2.88. The van der Waals surface area contributed by atoms with Crippen molar-refractivity contribution in [1.82, 2.24) is 10.9 Å². The van der Waals surface area contributed by atoms with Gasteiger partial charge in [0, 0.05) is 19.8 Å². The second-order valence-electron chi connectivity index (χ2n) is 4.85. The van der Waals surface area contributed by atoms with Crippen LogP contribution in [0, 0.1) is 0 Å². The fourth-order valence-corrected chi connectivity index (χ4v) is 1.77. The summed E-state index contributed by atoms with van der Waals surface area (Å²) in [6, 6.07) is 7.75. The second kappa shape index (κ2) is 6.65. The van der Waals surface area contributed by atoms with Crippen LogP contribution < -0.4 is 15.8 Å². The monoisotopic (exact) mass is 287 g/mol. The number of nitrogens with one attached hydrogen (secondary N) is 2. The van der Waals surface area contributed by atoms with Gasteiger partial charge in [0.15, 0.2) is 0 Å². The minimum atomic E-state index is -0.300. The highest BCUT2D eigenvalue weighted by molar-refractivity contribution is 6.11. The molecule has 2 rings (SSSR count). The number of hydrogen-bond donors (Lipinski definition) is 2. The number of hydrogen-bond acceptors (Lipinski definition) is 5. The summed E-state index contributed by atoms with van der Waals surface area (Å²) >= 11 is 0. The smallest absolute Gasteiger partial charge is 0.245 e. The van der Waals surface area contributed by atoms with Crippen LogP contribution in [0.15, 0.2) is 34.5 Å². The summed E-state index contributed by atoms with van der Waals surface area (Å²) in [7, 11) is 3.93. The lowest BCUT2D eigenvalue weighted by molar-refractivity contribution is -0.119. The Balaban J connectivity index is 1.81. The van der Waals surface area contributed by atoms with Crippen LogP contribution in [0.1, 0.15) is 18.4 Å². The van der Waals surface area contributed by atoms with Gasteiger partial charge in [0.05, 0.1) is 24.8 Å². The zero-order valence-corrected chi connectivity index (χ0v) is 12.0. The van der Waals surface area contributed by atoms with E-state index in [1.165, 1.54) is 0 Å². The summed E-state index contributed by atoms with van der Waals surface area (Å²) in [5.74, 6) is -0.492. The minimum absolute atomic E-state index is 0.0651. The van der Waals surface area contributed by atoms with E-state index in [-0.39, 0.29) is 24.7 Å². The zero-order valence-electron chi connectivity index (χ0n) is 12.0. The first-order chi connectivity index (χ1) is 10.0. The summed E-state index contributed by atoms with van der Waals surface area (Å²) in [6.45, 7) is 0. The summed E-state index contributed by atoms with van der Waals surface area (Å²) in [4.78, 5) is 24.5. The predicted molar refractivity (Wildman–Crippen MR) is 81.3 cm³/mol. The van der Waals surface area contributed by atoms with Gasteiger partial charge in [0.2, 0.25) is 11.8 Å². The summed E-state index contributed by atoms with van der Waals surface area (Å²) < 4.78 is 0. The second-order valence-corrected chi connectivity index (χ2v) is 4.85. The van der Waals surface area contributed by atoms with Gasteiger partial charge in [-0.1, -0.05) is 12.1 Å². The number of amides is 2. The van der Waals surface area contributed by atoms with E-state index in [1.807, 2.05) is 43.3 Å². The molecule has 110 valence electrons. The van der Waals surface area contributed by atoms with Gasteiger partial charge >= 0.3 is 0 Å². The molecule has 1 aromatic rings. The quantitative estimate of drug-likeness (QED) is 0.609. The van der Waals surface area contributed by atoms with E-state index in [1.54, 1.807) is 6.21 Å². The largest absolute Gasteiger partial charge is 0.378 e. The molecular weight excluding hydrogens is 270 g/mol. The Morgan fingerprint density at radius 3 is 2.71 bits per heavy atom. The van der Waals surface area contributed by atoms with Crippen LogP contribution in [-0.4, -0.2) is 37.8 Å². The highest BCUT2D eigenvalue weighted by Gasteiger charge is 2.16. The first-order valence-electron chi connectivity index (χ1n) is 6.48. The van der Waals surface area contributed by atoms with Crippen LogP contribution in [0.25, 0.3) is 0 Å². The van der Waals surface area contributed by atoms with E-state index in [9.17, 15) is 9.59 Å². The van der Waals surface area contributed by atoms with Crippen LogP contribution >= 0.6 is 0 Å². The SMILES string of the molecule is CN(C)c1ccc(C=NNC(=O)CC2=NNC(=O)C2)cc1. The first kappa shape index (κ1) is 14.7. The lowest BCUT2D eigenvalue weighted by atomic mass is 10.2. The standard InChI is InChI=1S/C14H17N5O2/c1-19(2)12-5-3-10(4-6-12)9-15-17-13(20)7-11-8-14(21)18-16-11/h3-6,9H,7-8H2,1-2H3,(H,17,20)(H,18,21). The van der Waals surface area contributed by atoms with E-state index >= 15 is 0 Å². The van der Waals surface area contributed by atoms with Gasteiger partial charge in [-0.3, -0.25) is 9.59 Å². The van der Waals surface area contributed by atoms with E-state index in [0.29, 0.717) is 5.71 Å². The molecule has 0 radical (unpaired) electrons. The normalized spacial score (nSPS) is 14.0. The minimum Gasteiger partial charge on any atom is -0.378 e. The molecule has 21 heavy (non-hydrogen) atoms. The van der Waals surface area contributed by atoms with Gasteiger partial charge in [-0.05, 0) is 17.7 Å². The Kier molecular flexibility index (Phi) is 4.65. The Hall–Kier alpha value is -2.70. The van der Waals surface area contributed by atoms with Gasteiger partial charge < -0.3 is 4.90 Å². The zero-order chi connectivity index (χ0) is 15.2. The number of nitrogens with zero attached hydrogens (tertiary/aromatic N) is 3. The molecule has 0 bridgehead atoms. The molecule has 1 aliphatic heterocycles. The average molecular weight is 287 g/mol. The van der Waals surface area contributed by atoms with Crippen molar-refractivity contribution >= 4 is 29.4 Å². The van der Waals surface area contributed by atoms with Crippen LogP contribution in [-0.2, 0) is 9.59 Å². The lowest BCUT2D eigenvalue weighted by Gasteiger charge is -2.11. The fraction of sp³-hybridized carbons (Fsp3) is 0.286. The summed E-state index contributed by atoms with van der Waals surface area (Å²) in [5.41, 5.74) is 7.20. The first-order valence-corrected chi connectivity index (χ1v) is 6.48. The van der Waals surface area contributed by atoms with Crippen molar-refractivity contribution in [3.63, 3.8) is 0 Å². The van der Waals surface area contributed by atoms with Crippen molar-refractivity contribution in [2.75, 3.05) is 19.0 Å². The molecule has 1 aromatic carbocycles. The van der Waals surface area contributed by atoms with Crippen LogP contribution in [0.4, 0.5) is 5.69 Å². The molecule has 0 spiro atoms. The molecule has 7 nitrogen and oxygen atoms in total. The molecule has 0 aliphatic carbocycles. The Morgan fingerprint density at radius 1 is 1.43 bits per heavy atom. The van der Waals surface area contributed by atoms with Crippen molar-refractivity contribution in [2.24, 2.45) is 10.2 Å². The highest BCUT2D eigenvalue weighted by Crippen LogP contribution is 2.10. The maximum Gasteiger partial charge on any atom is 0.245 e. The number of anilines is 1. The lowest BCUT2D eigenvalue weighted by Crippen LogP contribution is -2.20. The van der Waals surface area contributed by atoms with Crippen molar-refractivity contribution in [1.29, 1.82) is 0 Å². The number of carbonyl (C=O) groups is 2. The van der Waals surface area contributed by atoms with E-state index in [4.69, 9.17) is 0 Å². The van der Waals surface area contributed by atoms with E-state index < -0.39 is 0 Å². The maximum atomic E-state index is 11.6. The molecule has 0 aromatic heterocycles. The van der Waals surface area contributed by atoms with E-state index in [0.717, 1.165) is 11.3 Å². The van der Waals surface area contributed by atoms with Gasteiger partial charge in [-0.15, -0.1) is 0 Å². The van der Waals surface area contributed by atoms with Crippen molar-refractivity contribution in [3.05, 3.63) is 29.8 Å². The molecule has 0 saturated heterocycles. The van der Waals surface area contributed by atoms with Gasteiger partial charge in [-0.2, -0.15) is 10.2 Å². The van der Waals surface area contributed by atoms with Crippen molar-refractivity contribution in [2.45, 2.75) is 12.8 Å². The third kappa shape index (κ3) is 4.41. The molecule has 1 heterocycles. The van der Waals surface area contributed by atoms with E-state index in [2.05, 4.69) is 21.1 Å². The molecule has 0 fully saturated rings. The highest BCUT2D eigenvalue weighted by atomic mass is 16.2. The molecule has 0 saturated carbocycles. The molecule has 0 atom stereocenters. The molecule has 2 N–H and O–H groups in total. The fourth-order valence-electron chi connectivity index (χ4n) is 1.77. The van der Waals surface area contributed by atoms with Crippen LogP contribution in [0.2, 0.25) is 0 Å². The van der Waals surface area contributed by atoms with Gasteiger partial charge in [0.25, 0.3) is 0 Å². The Bertz CT molecular complexity index is 590. The molecule has 0 unspecified atom stereocenters. The molecule has 1 aliphatic rings. The van der Waals surface area contributed by atoms with Gasteiger partial charge in [-0.25, -0.2) is 10.9 Å². The number of benzene rings is 1. The third-order valence-electron chi connectivity index (χ3n) is 2.88. The number of rotatable bonds is 5. The summed E-state index contributed by atoms with van der Waals surface area (Å²) in [6.07, 6.45) is 1.80. The number of hydrazone groups is 2. The van der Waals surface area contributed by atoms with Crippen molar-refractivity contribution in [3.8, 4) is 0 Å².